The van der Waals surface area contributed by atoms with Crippen LogP contribution in [0.2, 0.25) is 10.0 Å². The van der Waals surface area contributed by atoms with Gasteiger partial charge in [-0.25, -0.2) is 8.42 Å². The van der Waals surface area contributed by atoms with Gasteiger partial charge in [-0.1, -0.05) is 70.7 Å². The number of rotatable bonds is 7. The van der Waals surface area contributed by atoms with Gasteiger partial charge in [-0.3, -0.25) is 9.10 Å². The predicted octanol–water partition coefficient (Wildman–Crippen LogP) is 5.12. The van der Waals surface area contributed by atoms with Crippen molar-refractivity contribution in [1.29, 1.82) is 0 Å². The molecule has 1 N–H and O–H groups in total. The summed E-state index contributed by atoms with van der Waals surface area (Å²) in [5, 5.41) is 3.26. The van der Waals surface area contributed by atoms with Gasteiger partial charge in [0, 0.05) is 6.54 Å². The first kappa shape index (κ1) is 23.1. The predicted molar refractivity (Wildman–Crippen MR) is 125 cm³/mol. The number of carbonyl (C=O) groups excluding carboxylic acids is 1. The zero-order valence-electron chi connectivity index (χ0n) is 17.1. The summed E-state index contributed by atoms with van der Waals surface area (Å²) in [6.45, 7) is 3.73. The Morgan fingerprint density at radius 1 is 0.871 bits per heavy atom. The first-order chi connectivity index (χ1) is 14.7. The average Bonchev–Trinajstić information content (AvgIpc) is 2.74. The van der Waals surface area contributed by atoms with Crippen molar-refractivity contribution in [3.05, 3.63) is 93.5 Å². The number of carbonyl (C=O) groups is 1. The van der Waals surface area contributed by atoms with Crippen LogP contribution in [0.15, 0.2) is 71.6 Å². The number of anilines is 1. The van der Waals surface area contributed by atoms with Gasteiger partial charge in [0.1, 0.15) is 6.54 Å². The first-order valence-corrected chi connectivity index (χ1v) is 11.7. The normalized spacial score (nSPS) is 11.2. The highest BCUT2D eigenvalue weighted by Crippen LogP contribution is 2.30. The number of hydrogen-bond acceptors (Lipinski definition) is 3. The van der Waals surface area contributed by atoms with Crippen LogP contribution in [0.3, 0.4) is 0 Å². The molecule has 0 aromatic heterocycles. The minimum Gasteiger partial charge on any atom is -0.350 e. The fraction of sp³-hybridized carbons (Fsp3) is 0.174. The molecule has 0 bridgehead atoms. The topological polar surface area (TPSA) is 66.5 Å². The second-order valence-electron chi connectivity index (χ2n) is 7.19. The molecule has 162 valence electrons. The maximum atomic E-state index is 13.4. The number of halogens is 2. The van der Waals surface area contributed by atoms with Crippen LogP contribution < -0.4 is 9.62 Å². The van der Waals surface area contributed by atoms with Crippen LogP contribution in [0, 0.1) is 13.8 Å². The van der Waals surface area contributed by atoms with Crippen LogP contribution in [-0.2, 0) is 21.4 Å². The van der Waals surface area contributed by atoms with Crippen molar-refractivity contribution in [2.24, 2.45) is 0 Å². The van der Waals surface area contributed by atoms with Gasteiger partial charge < -0.3 is 5.32 Å². The Kier molecular flexibility index (Phi) is 7.26. The lowest BCUT2D eigenvalue weighted by Gasteiger charge is -2.24. The Morgan fingerprint density at radius 2 is 1.45 bits per heavy atom. The van der Waals surface area contributed by atoms with Crippen molar-refractivity contribution in [2.75, 3.05) is 10.8 Å². The molecule has 0 aliphatic heterocycles. The summed E-state index contributed by atoms with van der Waals surface area (Å²) in [6.07, 6.45) is 0. The summed E-state index contributed by atoms with van der Waals surface area (Å²) < 4.78 is 27.7. The lowest BCUT2D eigenvalue weighted by atomic mass is 10.1. The van der Waals surface area contributed by atoms with Crippen molar-refractivity contribution in [2.45, 2.75) is 25.3 Å². The van der Waals surface area contributed by atoms with Crippen molar-refractivity contribution in [3.63, 3.8) is 0 Å². The summed E-state index contributed by atoms with van der Waals surface area (Å²) in [5.74, 6) is -0.442. The van der Waals surface area contributed by atoms with E-state index < -0.39 is 22.5 Å². The molecule has 0 radical (unpaired) electrons. The summed E-state index contributed by atoms with van der Waals surface area (Å²) >= 11 is 12.1. The second-order valence-corrected chi connectivity index (χ2v) is 9.86. The Labute approximate surface area is 192 Å². The first-order valence-electron chi connectivity index (χ1n) is 9.53. The van der Waals surface area contributed by atoms with E-state index in [-0.39, 0.29) is 15.6 Å². The third-order valence-electron chi connectivity index (χ3n) is 4.70. The average molecular weight is 477 g/mol. The molecular formula is C23H22Cl2N2O3S. The summed E-state index contributed by atoms with van der Waals surface area (Å²) in [4.78, 5) is 12.8. The molecule has 0 aliphatic carbocycles. The van der Waals surface area contributed by atoms with Gasteiger partial charge in [-0.2, -0.15) is 0 Å². The van der Waals surface area contributed by atoms with E-state index in [1.54, 1.807) is 12.1 Å². The van der Waals surface area contributed by atoms with Crippen LogP contribution in [0.4, 0.5) is 5.69 Å². The van der Waals surface area contributed by atoms with Gasteiger partial charge in [0.25, 0.3) is 10.0 Å². The lowest BCUT2D eigenvalue weighted by molar-refractivity contribution is -0.119. The summed E-state index contributed by atoms with van der Waals surface area (Å²) in [5.41, 5.74) is 3.21. The lowest BCUT2D eigenvalue weighted by Crippen LogP contribution is -2.40. The minimum absolute atomic E-state index is 0.0792. The molecular weight excluding hydrogens is 455 g/mol. The maximum absolute atomic E-state index is 13.4. The Hall–Kier alpha value is -2.54. The van der Waals surface area contributed by atoms with Crippen molar-refractivity contribution < 1.29 is 13.2 Å². The van der Waals surface area contributed by atoms with E-state index >= 15 is 0 Å². The second kappa shape index (κ2) is 9.73. The van der Waals surface area contributed by atoms with Crippen LogP contribution in [0.1, 0.15) is 16.7 Å². The largest absolute Gasteiger partial charge is 0.350 e. The molecule has 0 spiro atoms. The molecule has 0 saturated heterocycles. The fourth-order valence-corrected chi connectivity index (χ4v) is 4.59. The van der Waals surface area contributed by atoms with E-state index in [1.807, 2.05) is 38.1 Å². The SMILES string of the molecule is Cc1ccc(CNC(=O)CN(c2ccc(Cl)c(Cl)c2)S(=O)(=O)c2ccc(C)cc2)cc1. The van der Waals surface area contributed by atoms with Gasteiger partial charge in [0.2, 0.25) is 5.91 Å². The van der Waals surface area contributed by atoms with Crippen LogP contribution >= 0.6 is 23.2 Å². The van der Waals surface area contributed by atoms with E-state index in [9.17, 15) is 13.2 Å². The third kappa shape index (κ3) is 5.79. The smallest absolute Gasteiger partial charge is 0.264 e. The molecule has 0 aliphatic rings. The highest BCUT2D eigenvalue weighted by molar-refractivity contribution is 7.92. The molecule has 3 rings (SSSR count). The minimum atomic E-state index is -4.01. The fourth-order valence-electron chi connectivity index (χ4n) is 2.89. The highest BCUT2D eigenvalue weighted by Gasteiger charge is 2.27. The number of benzene rings is 3. The third-order valence-corrected chi connectivity index (χ3v) is 7.22. The highest BCUT2D eigenvalue weighted by atomic mass is 35.5. The standard InChI is InChI=1S/C23H22Cl2N2O3S/c1-16-3-7-18(8-4-16)14-26-23(28)15-27(19-9-12-21(24)22(25)13-19)31(29,30)20-10-5-17(2)6-11-20/h3-13H,14-15H2,1-2H3,(H,26,28). The molecule has 1 amide bonds. The Bertz CT molecular complexity index is 1180. The number of amides is 1. The number of aryl methyl sites for hydroxylation is 2. The zero-order valence-corrected chi connectivity index (χ0v) is 19.4. The summed E-state index contributed by atoms with van der Waals surface area (Å²) in [6, 6.07) is 18.6. The van der Waals surface area contributed by atoms with E-state index in [1.165, 1.54) is 30.3 Å². The molecule has 0 saturated carbocycles. The van der Waals surface area contributed by atoms with Gasteiger partial charge in [0.05, 0.1) is 20.6 Å². The van der Waals surface area contributed by atoms with Crippen LogP contribution in [-0.4, -0.2) is 20.9 Å². The number of hydrogen-bond donors (Lipinski definition) is 1. The molecule has 3 aromatic rings. The molecule has 0 heterocycles. The van der Waals surface area contributed by atoms with Gasteiger partial charge in [0.15, 0.2) is 0 Å². The van der Waals surface area contributed by atoms with Crippen molar-refractivity contribution in [3.8, 4) is 0 Å². The van der Waals surface area contributed by atoms with Crippen LogP contribution in [0.5, 0.6) is 0 Å². The number of nitrogens with zero attached hydrogens (tertiary/aromatic N) is 1. The van der Waals surface area contributed by atoms with E-state index in [2.05, 4.69) is 5.32 Å². The van der Waals surface area contributed by atoms with E-state index in [0.29, 0.717) is 11.6 Å². The molecule has 8 heteroatoms. The van der Waals surface area contributed by atoms with Gasteiger partial charge >= 0.3 is 0 Å². The molecule has 0 unspecified atom stereocenters. The maximum Gasteiger partial charge on any atom is 0.264 e. The van der Waals surface area contributed by atoms with Crippen molar-refractivity contribution in [1.82, 2.24) is 5.32 Å². The molecule has 5 nitrogen and oxygen atoms in total. The van der Waals surface area contributed by atoms with Gasteiger partial charge in [-0.15, -0.1) is 0 Å². The zero-order chi connectivity index (χ0) is 22.6. The van der Waals surface area contributed by atoms with E-state index in [0.717, 1.165) is 21.0 Å². The summed E-state index contributed by atoms with van der Waals surface area (Å²) in [7, 11) is -4.01. The Morgan fingerprint density at radius 3 is 2.03 bits per heavy atom. The molecule has 3 aromatic carbocycles. The molecule has 31 heavy (non-hydrogen) atoms. The molecule has 0 fully saturated rings. The molecule has 0 atom stereocenters. The van der Waals surface area contributed by atoms with E-state index in [4.69, 9.17) is 23.2 Å². The Balaban J connectivity index is 1.88. The quantitative estimate of drug-likeness (QED) is 0.514. The monoisotopic (exact) mass is 476 g/mol. The van der Waals surface area contributed by atoms with Gasteiger partial charge in [-0.05, 0) is 49.7 Å². The number of sulfonamides is 1. The van der Waals surface area contributed by atoms with Crippen molar-refractivity contribution >= 4 is 44.8 Å². The number of nitrogens with one attached hydrogen (secondary N) is 1. The van der Waals surface area contributed by atoms with Crippen LogP contribution in [0.25, 0.3) is 0 Å².